The fourth-order valence-corrected chi connectivity index (χ4v) is 2.50. The van der Waals surface area contributed by atoms with Crippen LogP contribution in [-0.4, -0.2) is 40.3 Å². The van der Waals surface area contributed by atoms with E-state index < -0.39 is 0 Å². The first kappa shape index (κ1) is 17.9. The molecule has 7 heteroatoms. The topological polar surface area (TPSA) is 75.8 Å². The molecule has 0 aliphatic rings. The predicted molar refractivity (Wildman–Crippen MR) is 102 cm³/mol. The van der Waals surface area contributed by atoms with Gasteiger partial charge in [-0.3, -0.25) is 4.40 Å². The first-order valence-corrected chi connectivity index (χ1v) is 8.79. The van der Waals surface area contributed by atoms with Crippen LogP contribution in [0, 0.1) is 0 Å². The fourth-order valence-electron chi connectivity index (χ4n) is 2.50. The molecule has 2 N–H and O–H groups in total. The Kier molecular flexibility index (Phi) is 6.55. The molecule has 26 heavy (non-hydrogen) atoms. The second-order valence-electron chi connectivity index (χ2n) is 5.71. The highest BCUT2D eigenvalue weighted by Crippen LogP contribution is 2.03. The zero-order valence-corrected chi connectivity index (χ0v) is 14.9. The Morgan fingerprint density at radius 3 is 2.77 bits per heavy atom. The first-order chi connectivity index (χ1) is 12.9. The highest BCUT2D eigenvalue weighted by Gasteiger charge is 2.04. The molecule has 2 aromatic heterocycles. The average Bonchev–Trinajstić information content (AvgIpc) is 3.10. The van der Waals surface area contributed by atoms with Crippen LogP contribution in [0.25, 0.3) is 5.65 Å². The van der Waals surface area contributed by atoms with E-state index in [0.29, 0.717) is 26.3 Å². The van der Waals surface area contributed by atoms with E-state index in [1.165, 1.54) is 5.56 Å². The van der Waals surface area contributed by atoms with Gasteiger partial charge in [0, 0.05) is 19.3 Å². The molecule has 0 bridgehead atoms. The van der Waals surface area contributed by atoms with E-state index in [-0.39, 0.29) is 0 Å². The number of nitrogens with zero attached hydrogens (tertiary/aromatic N) is 4. The fraction of sp³-hybridized carbons (Fsp3) is 0.316. The van der Waals surface area contributed by atoms with Gasteiger partial charge in [0.25, 0.3) is 0 Å². The summed E-state index contributed by atoms with van der Waals surface area (Å²) in [5, 5.41) is 14.8. The lowest BCUT2D eigenvalue weighted by Crippen LogP contribution is -2.39. The number of fused-ring (bicyclic) bond motifs is 1. The molecule has 0 fully saturated rings. The van der Waals surface area contributed by atoms with Crippen molar-refractivity contribution < 1.29 is 4.74 Å². The molecule has 0 unspecified atom stereocenters. The van der Waals surface area contributed by atoms with Crippen LogP contribution in [0.4, 0.5) is 0 Å². The molecule has 3 rings (SSSR count). The van der Waals surface area contributed by atoms with Crippen molar-refractivity contribution in [2.45, 2.75) is 20.1 Å². The average molecular weight is 352 g/mol. The van der Waals surface area contributed by atoms with Gasteiger partial charge in [0.2, 0.25) is 0 Å². The number of ether oxygens (including phenoxy) is 1. The van der Waals surface area contributed by atoms with E-state index in [0.717, 1.165) is 24.0 Å². The van der Waals surface area contributed by atoms with Gasteiger partial charge in [-0.25, -0.2) is 4.99 Å². The van der Waals surface area contributed by atoms with Gasteiger partial charge in [-0.2, -0.15) is 0 Å². The van der Waals surface area contributed by atoms with Crippen LogP contribution >= 0.6 is 0 Å². The Morgan fingerprint density at radius 1 is 1.08 bits per heavy atom. The third kappa shape index (κ3) is 5.03. The molecule has 0 saturated heterocycles. The maximum absolute atomic E-state index is 5.68. The van der Waals surface area contributed by atoms with Crippen molar-refractivity contribution in [3.8, 4) is 0 Å². The standard InChI is InChI=1S/C19H24N6O/c1-2-20-19(21-11-13-26-15-16-8-4-3-5-9-16)22-14-18-24-23-17-10-6-7-12-25(17)18/h3-10,12H,2,11,13-15H2,1H3,(H2,20,21,22). The molecule has 0 saturated carbocycles. The van der Waals surface area contributed by atoms with Crippen LogP contribution < -0.4 is 10.6 Å². The van der Waals surface area contributed by atoms with Crippen LogP contribution in [0.1, 0.15) is 18.3 Å². The van der Waals surface area contributed by atoms with Crippen molar-refractivity contribution in [2.24, 2.45) is 4.99 Å². The normalized spacial score (nSPS) is 11.7. The molecule has 0 atom stereocenters. The highest BCUT2D eigenvalue weighted by molar-refractivity contribution is 5.79. The summed E-state index contributed by atoms with van der Waals surface area (Å²) < 4.78 is 7.63. The number of aromatic nitrogens is 3. The molecular weight excluding hydrogens is 328 g/mol. The van der Waals surface area contributed by atoms with Crippen LogP contribution in [0.15, 0.2) is 59.7 Å². The SMILES string of the molecule is CCNC(=NCc1nnc2ccccn12)NCCOCc1ccccc1. The van der Waals surface area contributed by atoms with Crippen molar-refractivity contribution in [2.75, 3.05) is 19.7 Å². The molecule has 0 amide bonds. The minimum absolute atomic E-state index is 0.450. The van der Waals surface area contributed by atoms with Crippen LogP contribution in [-0.2, 0) is 17.9 Å². The summed E-state index contributed by atoms with van der Waals surface area (Å²) in [6, 6.07) is 16.0. The quantitative estimate of drug-likeness (QED) is 0.368. The second kappa shape index (κ2) is 9.53. The smallest absolute Gasteiger partial charge is 0.191 e. The molecule has 3 aromatic rings. The molecule has 0 spiro atoms. The molecule has 0 aliphatic heterocycles. The van der Waals surface area contributed by atoms with E-state index in [1.807, 2.05) is 53.9 Å². The van der Waals surface area contributed by atoms with Gasteiger partial charge in [0.05, 0.1) is 13.2 Å². The van der Waals surface area contributed by atoms with E-state index >= 15 is 0 Å². The lowest BCUT2D eigenvalue weighted by molar-refractivity contribution is 0.125. The lowest BCUT2D eigenvalue weighted by Gasteiger charge is -2.11. The Hall–Kier alpha value is -2.93. The summed E-state index contributed by atoms with van der Waals surface area (Å²) in [5.41, 5.74) is 2.00. The minimum atomic E-state index is 0.450. The molecule has 0 aliphatic carbocycles. The molecular formula is C19H24N6O. The Balaban J connectivity index is 1.48. The van der Waals surface area contributed by atoms with Gasteiger partial charge in [0.15, 0.2) is 17.4 Å². The number of benzene rings is 1. The summed E-state index contributed by atoms with van der Waals surface area (Å²) in [6.07, 6.45) is 1.94. The van der Waals surface area contributed by atoms with Crippen molar-refractivity contribution in [1.29, 1.82) is 0 Å². The summed E-state index contributed by atoms with van der Waals surface area (Å²) in [6.45, 7) is 5.17. The maximum atomic E-state index is 5.68. The van der Waals surface area contributed by atoms with E-state index in [9.17, 15) is 0 Å². The lowest BCUT2D eigenvalue weighted by atomic mass is 10.2. The zero-order valence-electron chi connectivity index (χ0n) is 14.9. The Labute approximate surface area is 153 Å². The van der Waals surface area contributed by atoms with Crippen molar-refractivity contribution in [3.05, 3.63) is 66.1 Å². The molecule has 1 aromatic carbocycles. The molecule has 0 radical (unpaired) electrons. The third-order valence-corrected chi connectivity index (χ3v) is 3.76. The minimum Gasteiger partial charge on any atom is -0.375 e. The van der Waals surface area contributed by atoms with Crippen LogP contribution in [0.2, 0.25) is 0 Å². The van der Waals surface area contributed by atoms with E-state index in [2.05, 4.69) is 38.0 Å². The van der Waals surface area contributed by atoms with Crippen molar-refractivity contribution in [3.63, 3.8) is 0 Å². The van der Waals surface area contributed by atoms with E-state index in [4.69, 9.17) is 4.74 Å². The maximum Gasteiger partial charge on any atom is 0.191 e. The molecule has 2 heterocycles. The van der Waals surface area contributed by atoms with Gasteiger partial charge in [-0.15, -0.1) is 10.2 Å². The number of hydrogen-bond donors (Lipinski definition) is 2. The summed E-state index contributed by atoms with van der Waals surface area (Å²) in [4.78, 5) is 4.58. The zero-order chi connectivity index (χ0) is 18.0. The van der Waals surface area contributed by atoms with Crippen molar-refractivity contribution >= 4 is 11.6 Å². The monoisotopic (exact) mass is 352 g/mol. The number of guanidine groups is 1. The largest absolute Gasteiger partial charge is 0.375 e. The first-order valence-electron chi connectivity index (χ1n) is 8.79. The van der Waals surface area contributed by atoms with E-state index in [1.54, 1.807) is 0 Å². The summed E-state index contributed by atoms with van der Waals surface area (Å²) >= 11 is 0. The van der Waals surface area contributed by atoms with Crippen molar-refractivity contribution in [1.82, 2.24) is 25.2 Å². The van der Waals surface area contributed by atoms with Gasteiger partial charge in [-0.1, -0.05) is 36.4 Å². The van der Waals surface area contributed by atoms with Gasteiger partial charge in [-0.05, 0) is 24.6 Å². The van der Waals surface area contributed by atoms with Crippen LogP contribution in [0.3, 0.4) is 0 Å². The number of rotatable bonds is 8. The number of aliphatic imine (C=N–C) groups is 1. The second-order valence-corrected chi connectivity index (χ2v) is 5.71. The van der Waals surface area contributed by atoms with Gasteiger partial charge < -0.3 is 15.4 Å². The number of hydrogen-bond acceptors (Lipinski definition) is 4. The summed E-state index contributed by atoms with van der Waals surface area (Å²) in [7, 11) is 0. The Bertz CT molecular complexity index is 830. The predicted octanol–water partition coefficient (Wildman–Crippen LogP) is 2.00. The molecule has 7 nitrogen and oxygen atoms in total. The Morgan fingerprint density at radius 2 is 1.92 bits per heavy atom. The highest BCUT2D eigenvalue weighted by atomic mass is 16.5. The number of pyridine rings is 1. The van der Waals surface area contributed by atoms with Gasteiger partial charge >= 0.3 is 0 Å². The van der Waals surface area contributed by atoms with Gasteiger partial charge in [0.1, 0.15) is 6.54 Å². The summed E-state index contributed by atoms with van der Waals surface area (Å²) in [5.74, 6) is 1.54. The van der Waals surface area contributed by atoms with Crippen LogP contribution in [0.5, 0.6) is 0 Å². The third-order valence-electron chi connectivity index (χ3n) is 3.76. The molecule has 136 valence electrons. The number of nitrogens with one attached hydrogen (secondary N) is 2.